The van der Waals surface area contributed by atoms with Gasteiger partial charge in [-0.1, -0.05) is 224 Å². The highest BCUT2D eigenvalue weighted by molar-refractivity contribution is 5.76. The molecular weight excluding hydrogens is 655 g/mol. The van der Waals surface area contributed by atoms with Crippen molar-refractivity contribution in [2.75, 3.05) is 6.61 Å². The minimum absolute atomic E-state index is 0.00514. The zero-order valence-electron chi connectivity index (χ0n) is 35.4. The third-order valence-electron chi connectivity index (χ3n) is 10.7. The first-order chi connectivity index (χ1) is 26.0. The molecule has 0 heterocycles. The van der Waals surface area contributed by atoms with Gasteiger partial charge in [-0.15, -0.1) is 0 Å². The largest absolute Gasteiger partial charge is 0.394 e. The van der Waals surface area contributed by atoms with Crippen molar-refractivity contribution in [2.45, 2.75) is 257 Å². The summed E-state index contributed by atoms with van der Waals surface area (Å²) in [7, 11) is 0. The van der Waals surface area contributed by atoms with Gasteiger partial charge in [0.15, 0.2) is 0 Å². The summed E-state index contributed by atoms with van der Waals surface area (Å²) in [6.07, 6.45) is 54.4. The Morgan fingerprint density at radius 3 is 1.21 bits per heavy atom. The molecule has 3 unspecified atom stereocenters. The van der Waals surface area contributed by atoms with Crippen molar-refractivity contribution >= 4 is 5.91 Å². The lowest BCUT2D eigenvalue weighted by molar-refractivity contribution is -0.124. The molecule has 0 aromatic heterocycles. The van der Waals surface area contributed by atoms with E-state index < -0.39 is 18.2 Å². The number of aliphatic hydroxyl groups excluding tert-OH is 3. The molecule has 0 spiro atoms. The van der Waals surface area contributed by atoms with Crippen LogP contribution in [0.3, 0.4) is 0 Å². The smallest absolute Gasteiger partial charge is 0.222 e. The second-order valence-corrected chi connectivity index (χ2v) is 16.0. The number of rotatable bonds is 42. The molecule has 5 nitrogen and oxygen atoms in total. The molecule has 4 N–H and O–H groups in total. The fourth-order valence-corrected chi connectivity index (χ4v) is 7.08. The fraction of sp³-hybridized carbons (Fsp3) is 0.854. The van der Waals surface area contributed by atoms with Crippen LogP contribution < -0.4 is 5.32 Å². The SMILES string of the molecule is CCCCCCCCCCCC/C=C/CC/C=C/CC/C=C/C(O)C(CO)NC(=O)CC(O)CCCCCCCCCCCCCCCCCCCC. The Morgan fingerprint density at radius 1 is 0.472 bits per heavy atom. The Kier molecular flexibility index (Phi) is 42.1. The molecule has 0 aliphatic heterocycles. The first-order valence-electron chi connectivity index (χ1n) is 23.3. The number of amides is 1. The van der Waals surface area contributed by atoms with Crippen molar-refractivity contribution < 1.29 is 20.1 Å². The predicted molar refractivity (Wildman–Crippen MR) is 231 cm³/mol. The van der Waals surface area contributed by atoms with Crippen molar-refractivity contribution in [3.63, 3.8) is 0 Å². The van der Waals surface area contributed by atoms with Crippen LogP contribution in [-0.2, 0) is 4.79 Å². The lowest BCUT2D eigenvalue weighted by Gasteiger charge is -2.21. The highest BCUT2D eigenvalue weighted by atomic mass is 16.3. The average Bonchev–Trinajstić information content (AvgIpc) is 3.15. The zero-order valence-corrected chi connectivity index (χ0v) is 35.4. The van der Waals surface area contributed by atoms with E-state index in [1.165, 1.54) is 173 Å². The van der Waals surface area contributed by atoms with E-state index in [1.807, 2.05) is 6.08 Å². The Hall–Kier alpha value is -1.43. The summed E-state index contributed by atoms with van der Waals surface area (Å²) in [5.74, 6) is -0.327. The molecule has 0 rings (SSSR count). The molecule has 0 radical (unpaired) electrons. The molecule has 5 heteroatoms. The molecule has 53 heavy (non-hydrogen) atoms. The lowest BCUT2D eigenvalue weighted by Crippen LogP contribution is -2.45. The average molecular weight is 746 g/mol. The molecule has 312 valence electrons. The first kappa shape index (κ1) is 51.6. The molecule has 1 amide bonds. The van der Waals surface area contributed by atoms with Gasteiger partial charge in [0.1, 0.15) is 0 Å². The number of nitrogens with one attached hydrogen (secondary N) is 1. The van der Waals surface area contributed by atoms with Crippen molar-refractivity contribution in [1.82, 2.24) is 5.32 Å². The van der Waals surface area contributed by atoms with E-state index in [9.17, 15) is 20.1 Å². The number of hydrogen-bond acceptors (Lipinski definition) is 4. The standard InChI is InChI=1S/C48H91NO4/c1-3-5-7-9-11-13-15-17-19-21-23-24-26-28-30-32-34-36-38-40-42-47(52)46(44-50)49-48(53)43-45(51)41-39-37-35-33-31-29-27-25-22-20-18-16-14-12-10-8-6-4-2/h24,26,32,34,40,42,45-47,50-52H,3-23,25,27-31,33,35-39,41,43-44H2,1-2H3,(H,49,53)/b26-24+,34-32+,42-40+. The first-order valence-corrected chi connectivity index (χ1v) is 23.3. The Labute approximate surface area is 330 Å². The van der Waals surface area contributed by atoms with Crippen LogP contribution in [0.5, 0.6) is 0 Å². The number of unbranched alkanes of at least 4 members (excludes halogenated alkanes) is 29. The summed E-state index contributed by atoms with van der Waals surface area (Å²) in [5, 5.41) is 33.2. The van der Waals surface area contributed by atoms with Gasteiger partial charge in [0, 0.05) is 0 Å². The quantitative estimate of drug-likeness (QED) is 0.0370. The molecule has 0 aromatic rings. The fourth-order valence-electron chi connectivity index (χ4n) is 7.08. The topological polar surface area (TPSA) is 89.8 Å². The molecule has 0 fully saturated rings. The van der Waals surface area contributed by atoms with E-state index in [1.54, 1.807) is 6.08 Å². The van der Waals surface area contributed by atoms with Gasteiger partial charge < -0.3 is 20.6 Å². The van der Waals surface area contributed by atoms with Gasteiger partial charge in [0.25, 0.3) is 0 Å². The maximum atomic E-state index is 12.4. The van der Waals surface area contributed by atoms with Crippen LogP contribution in [0.4, 0.5) is 0 Å². The summed E-state index contributed by atoms with van der Waals surface area (Å²) in [6.45, 7) is 4.21. The highest BCUT2D eigenvalue weighted by Gasteiger charge is 2.20. The number of aliphatic hydroxyl groups is 3. The maximum Gasteiger partial charge on any atom is 0.222 e. The molecule has 0 saturated heterocycles. The van der Waals surface area contributed by atoms with E-state index in [4.69, 9.17) is 0 Å². The van der Waals surface area contributed by atoms with Gasteiger partial charge in [-0.25, -0.2) is 0 Å². The molecule has 0 saturated carbocycles. The van der Waals surface area contributed by atoms with E-state index >= 15 is 0 Å². The number of carbonyl (C=O) groups excluding carboxylic acids is 1. The van der Waals surface area contributed by atoms with Crippen molar-refractivity contribution in [3.05, 3.63) is 36.5 Å². The van der Waals surface area contributed by atoms with Gasteiger partial charge in [-0.3, -0.25) is 4.79 Å². The van der Waals surface area contributed by atoms with E-state index in [0.29, 0.717) is 6.42 Å². The van der Waals surface area contributed by atoms with E-state index in [2.05, 4.69) is 43.5 Å². The third-order valence-corrected chi connectivity index (χ3v) is 10.7. The van der Waals surface area contributed by atoms with Crippen LogP contribution >= 0.6 is 0 Å². The van der Waals surface area contributed by atoms with Crippen LogP contribution in [0.25, 0.3) is 0 Å². The predicted octanol–water partition coefficient (Wildman–Crippen LogP) is 13.5. The monoisotopic (exact) mass is 746 g/mol. The third kappa shape index (κ3) is 40.1. The lowest BCUT2D eigenvalue weighted by atomic mass is 10.0. The molecule has 0 bridgehead atoms. The summed E-state index contributed by atoms with van der Waals surface area (Å²) in [6, 6.07) is -0.765. The minimum Gasteiger partial charge on any atom is -0.394 e. The van der Waals surface area contributed by atoms with Gasteiger partial charge >= 0.3 is 0 Å². The van der Waals surface area contributed by atoms with Crippen LogP contribution in [0, 0.1) is 0 Å². The van der Waals surface area contributed by atoms with E-state index in [-0.39, 0.29) is 18.9 Å². The van der Waals surface area contributed by atoms with Crippen LogP contribution in [0.1, 0.15) is 239 Å². The molecule has 3 atom stereocenters. The van der Waals surface area contributed by atoms with Crippen LogP contribution in [-0.4, -0.2) is 46.1 Å². The second-order valence-electron chi connectivity index (χ2n) is 16.0. The number of hydrogen-bond donors (Lipinski definition) is 4. The van der Waals surface area contributed by atoms with Gasteiger partial charge in [-0.2, -0.15) is 0 Å². The van der Waals surface area contributed by atoms with E-state index in [0.717, 1.165) is 38.5 Å². The Balaban J connectivity index is 3.70. The van der Waals surface area contributed by atoms with Crippen LogP contribution in [0.2, 0.25) is 0 Å². The van der Waals surface area contributed by atoms with Crippen molar-refractivity contribution in [3.8, 4) is 0 Å². The van der Waals surface area contributed by atoms with Crippen LogP contribution in [0.15, 0.2) is 36.5 Å². The molecular formula is C48H91NO4. The Bertz CT molecular complexity index is 824. The zero-order chi connectivity index (χ0) is 38.7. The maximum absolute atomic E-state index is 12.4. The molecule has 0 aliphatic carbocycles. The van der Waals surface area contributed by atoms with Gasteiger partial charge in [0.2, 0.25) is 5.91 Å². The second kappa shape index (κ2) is 43.3. The van der Waals surface area contributed by atoms with Gasteiger partial charge in [0.05, 0.1) is 31.3 Å². The normalized spacial score (nSPS) is 13.8. The minimum atomic E-state index is -0.958. The molecule has 0 aromatic carbocycles. The van der Waals surface area contributed by atoms with Gasteiger partial charge in [-0.05, 0) is 44.9 Å². The number of carbonyl (C=O) groups is 1. The van der Waals surface area contributed by atoms with Crippen molar-refractivity contribution in [2.24, 2.45) is 0 Å². The van der Waals surface area contributed by atoms with Crippen molar-refractivity contribution in [1.29, 1.82) is 0 Å². The highest BCUT2D eigenvalue weighted by Crippen LogP contribution is 2.16. The number of allylic oxidation sites excluding steroid dienone is 5. The Morgan fingerprint density at radius 2 is 0.811 bits per heavy atom. The summed E-state index contributed by atoms with van der Waals surface area (Å²) in [5.41, 5.74) is 0. The summed E-state index contributed by atoms with van der Waals surface area (Å²) in [4.78, 5) is 12.4. The summed E-state index contributed by atoms with van der Waals surface area (Å²) < 4.78 is 0. The summed E-state index contributed by atoms with van der Waals surface area (Å²) >= 11 is 0. The molecule has 0 aliphatic rings.